The highest BCUT2D eigenvalue weighted by Gasteiger charge is 2.13. The fourth-order valence-electron chi connectivity index (χ4n) is 2.52. The maximum absolute atomic E-state index is 12.4. The average molecular weight is 388 g/mol. The number of unbranched alkanes of at least 4 members (excludes halogenated alkanes) is 3. The summed E-state index contributed by atoms with van der Waals surface area (Å²) in [5.41, 5.74) is 0.967. The van der Waals surface area contributed by atoms with Gasteiger partial charge in [0, 0.05) is 6.42 Å². The zero-order valence-electron chi connectivity index (χ0n) is 15.4. The molecule has 0 saturated carbocycles. The molecule has 0 unspecified atom stereocenters. The van der Waals surface area contributed by atoms with E-state index < -0.39 is 0 Å². The van der Waals surface area contributed by atoms with Crippen LogP contribution in [0.15, 0.2) is 47.1 Å². The number of rotatable bonds is 9. The maximum atomic E-state index is 12.4. The second kappa shape index (κ2) is 11.1. The molecule has 3 N–H and O–H groups in total. The van der Waals surface area contributed by atoms with E-state index in [0.29, 0.717) is 30.0 Å². The highest BCUT2D eigenvalue weighted by molar-refractivity contribution is 7.80. The zero-order valence-corrected chi connectivity index (χ0v) is 16.2. The third-order valence-electron chi connectivity index (χ3n) is 3.93. The number of para-hydroxylation sites is 1. The van der Waals surface area contributed by atoms with Crippen LogP contribution in [0.5, 0.6) is 0 Å². The molecular weight excluding hydrogens is 362 g/mol. The van der Waals surface area contributed by atoms with Crippen LogP contribution in [0, 0.1) is 0 Å². The second-order valence-corrected chi connectivity index (χ2v) is 6.53. The quantitative estimate of drug-likeness (QED) is 0.448. The summed E-state index contributed by atoms with van der Waals surface area (Å²) < 4.78 is 5.21. The van der Waals surface area contributed by atoms with Crippen LogP contribution >= 0.6 is 12.2 Å². The van der Waals surface area contributed by atoms with Crippen LogP contribution < -0.4 is 16.0 Å². The highest BCUT2D eigenvalue weighted by atomic mass is 32.1. The molecule has 2 aromatic rings. The number of hydrogen-bond donors (Lipinski definition) is 3. The molecule has 6 nitrogen and oxygen atoms in total. The maximum Gasteiger partial charge on any atom is 0.253 e. The molecule has 7 heteroatoms. The third kappa shape index (κ3) is 7.22. The molecule has 1 aromatic carbocycles. The molecule has 2 amide bonds. The molecule has 2 rings (SSSR count). The van der Waals surface area contributed by atoms with Crippen LogP contribution in [-0.2, 0) is 11.3 Å². The number of hydrogen-bond acceptors (Lipinski definition) is 4. The Hall–Kier alpha value is -2.67. The van der Waals surface area contributed by atoms with Crippen molar-refractivity contribution in [2.75, 3.05) is 5.32 Å². The number of nitrogens with one attached hydrogen (secondary N) is 3. The summed E-state index contributed by atoms with van der Waals surface area (Å²) in [6.45, 7) is 2.42. The van der Waals surface area contributed by atoms with Gasteiger partial charge < -0.3 is 20.4 Å². The van der Waals surface area contributed by atoms with Crippen LogP contribution in [-0.4, -0.2) is 16.9 Å². The van der Waals surface area contributed by atoms with Crippen molar-refractivity contribution < 1.29 is 14.0 Å². The number of benzene rings is 1. The Bertz CT molecular complexity index is 760. The van der Waals surface area contributed by atoms with Gasteiger partial charge in [-0.3, -0.25) is 9.59 Å². The van der Waals surface area contributed by atoms with Crippen LogP contribution in [0.1, 0.15) is 55.1 Å². The van der Waals surface area contributed by atoms with Crippen LogP contribution in [0.2, 0.25) is 0 Å². The summed E-state index contributed by atoms with van der Waals surface area (Å²) in [6, 6.07) is 10.5. The van der Waals surface area contributed by atoms with E-state index in [9.17, 15) is 9.59 Å². The van der Waals surface area contributed by atoms with Crippen molar-refractivity contribution in [1.29, 1.82) is 0 Å². The minimum absolute atomic E-state index is 0.122. The Morgan fingerprint density at radius 2 is 1.89 bits per heavy atom. The van der Waals surface area contributed by atoms with Crippen molar-refractivity contribution in [1.82, 2.24) is 10.6 Å². The van der Waals surface area contributed by atoms with Gasteiger partial charge >= 0.3 is 0 Å². The molecule has 0 aliphatic heterocycles. The van der Waals surface area contributed by atoms with E-state index in [-0.39, 0.29) is 16.9 Å². The van der Waals surface area contributed by atoms with Gasteiger partial charge in [0.05, 0.1) is 24.1 Å². The molecule has 0 saturated heterocycles. The van der Waals surface area contributed by atoms with E-state index in [1.165, 1.54) is 0 Å². The fourth-order valence-corrected chi connectivity index (χ4v) is 2.74. The first-order chi connectivity index (χ1) is 13.1. The van der Waals surface area contributed by atoms with E-state index in [0.717, 1.165) is 25.7 Å². The van der Waals surface area contributed by atoms with Crippen molar-refractivity contribution in [3.8, 4) is 0 Å². The first-order valence-corrected chi connectivity index (χ1v) is 9.51. The lowest BCUT2D eigenvalue weighted by Gasteiger charge is -2.13. The number of anilines is 1. The summed E-state index contributed by atoms with van der Waals surface area (Å²) in [4.78, 5) is 24.4. The number of carbonyl (C=O) groups excluding carboxylic acids is 2. The van der Waals surface area contributed by atoms with Gasteiger partial charge in [0.15, 0.2) is 5.11 Å². The van der Waals surface area contributed by atoms with E-state index in [1.54, 1.807) is 42.7 Å². The molecule has 1 aromatic heterocycles. The van der Waals surface area contributed by atoms with Crippen molar-refractivity contribution >= 4 is 34.8 Å². The second-order valence-electron chi connectivity index (χ2n) is 6.12. The number of carbonyl (C=O) groups is 2. The summed E-state index contributed by atoms with van der Waals surface area (Å²) in [7, 11) is 0. The predicted molar refractivity (Wildman–Crippen MR) is 109 cm³/mol. The Kier molecular flexibility index (Phi) is 8.51. The topological polar surface area (TPSA) is 83.4 Å². The van der Waals surface area contributed by atoms with Gasteiger partial charge in [0.25, 0.3) is 5.91 Å². The molecule has 0 radical (unpaired) electrons. The smallest absolute Gasteiger partial charge is 0.253 e. The molecule has 0 spiro atoms. The van der Waals surface area contributed by atoms with Crippen molar-refractivity contribution in [3.63, 3.8) is 0 Å². The van der Waals surface area contributed by atoms with Gasteiger partial charge in [-0.2, -0.15) is 0 Å². The minimum atomic E-state index is -0.261. The lowest BCUT2D eigenvalue weighted by molar-refractivity contribution is -0.119. The number of amides is 2. The van der Waals surface area contributed by atoms with Gasteiger partial charge in [-0.25, -0.2) is 0 Å². The van der Waals surface area contributed by atoms with Crippen LogP contribution in [0.4, 0.5) is 5.69 Å². The Labute approximate surface area is 164 Å². The molecule has 0 bridgehead atoms. The van der Waals surface area contributed by atoms with E-state index in [4.69, 9.17) is 16.6 Å². The molecule has 27 heavy (non-hydrogen) atoms. The molecule has 0 atom stereocenters. The number of thiocarbonyl (C=S) groups is 1. The SMILES string of the molecule is CCCCCCC(=O)NC(=S)Nc1ccccc1C(=O)NCc1ccco1. The molecule has 1 heterocycles. The van der Waals surface area contributed by atoms with Crippen LogP contribution in [0.25, 0.3) is 0 Å². The van der Waals surface area contributed by atoms with Crippen molar-refractivity contribution in [2.45, 2.75) is 45.6 Å². The first kappa shape index (κ1) is 20.6. The monoisotopic (exact) mass is 387 g/mol. The molecule has 0 aliphatic carbocycles. The number of furan rings is 1. The molecule has 144 valence electrons. The van der Waals surface area contributed by atoms with Gasteiger partial charge in [0.2, 0.25) is 5.91 Å². The predicted octanol–water partition coefficient (Wildman–Crippen LogP) is 3.99. The molecule has 0 aliphatic rings. The average Bonchev–Trinajstić information content (AvgIpc) is 3.17. The van der Waals surface area contributed by atoms with E-state index in [2.05, 4.69) is 22.9 Å². The minimum Gasteiger partial charge on any atom is -0.467 e. The Balaban J connectivity index is 1.87. The van der Waals surface area contributed by atoms with Crippen LogP contribution in [0.3, 0.4) is 0 Å². The molecule has 0 fully saturated rings. The van der Waals surface area contributed by atoms with Gasteiger partial charge in [-0.15, -0.1) is 0 Å². The zero-order chi connectivity index (χ0) is 19.5. The largest absolute Gasteiger partial charge is 0.467 e. The highest BCUT2D eigenvalue weighted by Crippen LogP contribution is 2.15. The summed E-state index contributed by atoms with van der Waals surface area (Å²) in [5, 5.41) is 8.57. The normalized spacial score (nSPS) is 10.3. The first-order valence-electron chi connectivity index (χ1n) is 9.10. The summed E-state index contributed by atoms with van der Waals surface area (Å²) >= 11 is 5.20. The van der Waals surface area contributed by atoms with E-state index >= 15 is 0 Å². The van der Waals surface area contributed by atoms with E-state index in [1.807, 2.05) is 0 Å². The van der Waals surface area contributed by atoms with Crippen molar-refractivity contribution in [3.05, 3.63) is 54.0 Å². The molecular formula is C20H25N3O3S. The summed E-state index contributed by atoms with van der Waals surface area (Å²) in [6.07, 6.45) is 6.11. The lowest BCUT2D eigenvalue weighted by atomic mass is 10.1. The van der Waals surface area contributed by atoms with Gasteiger partial charge in [-0.05, 0) is 42.9 Å². The van der Waals surface area contributed by atoms with Gasteiger partial charge in [-0.1, -0.05) is 38.3 Å². The fraction of sp³-hybridized carbons (Fsp3) is 0.350. The van der Waals surface area contributed by atoms with Crippen molar-refractivity contribution in [2.24, 2.45) is 0 Å². The third-order valence-corrected chi connectivity index (χ3v) is 4.14. The Morgan fingerprint density at radius 1 is 1.07 bits per heavy atom. The lowest BCUT2D eigenvalue weighted by Crippen LogP contribution is -2.34. The van der Waals surface area contributed by atoms with Gasteiger partial charge in [0.1, 0.15) is 5.76 Å². The Morgan fingerprint density at radius 3 is 2.63 bits per heavy atom. The standard InChI is InChI=1S/C20H25N3O3S/c1-2-3-4-5-12-18(24)23-20(27)22-17-11-7-6-10-16(17)19(25)21-14-15-9-8-13-26-15/h6-11,13H,2-5,12,14H2,1H3,(H,21,25)(H2,22,23,24,27). The summed E-state index contributed by atoms with van der Waals surface area (Å²) in [5.74, 6) is 0.284.